The summed E-state index contributed by atoms with van der Waals surface area (Å²) in [4.78, 5) is 24.6. The molecule has 1 amide bonds. The number of carbonyl (C=O) groups is 2. The molecule has 0 spiro atoms. The van der Waals surface area contributed by atoms with Gasteiger partial charge in [-0.25, -0.2) is 4.79 Å². The Hall–Kier alpha value is -0.773. The van der Waals surface area contributed by atoms with Gasteiger partial charge in [0.05, 0.1) is 6.04 Å². The van der Waals surface area contributed by atoms with E-state index >= 15 is 0 Å². The minimum absolute atomic E-state index is 0.270. The van der Waals surface area contributed by atoms with Crippen LogP contribution in [0.2, 0.25) is 19.6 Å². The van der Waals surface area contributed by atoms with Crippen molar-refractivity contribution < 1.29 is 28.6 Å². The van der Waals surface area contributed by atoms with Crippen LogP contribution in [0.3, 0.4) is 0 Å². The molecule has 0 aromatic rings. The summed E-state index contributed by atoms with van der Waals surface area (Å²) in [6.45, 7) is 15.1. The number of amides is 1. The van der Waals surface area contributed by atoms with Crippen LogP contribution in [0.15, 0.2) is 0 Å². The first-order chi connectivity index (χ1) is 11.7. The summed E-state index contributed by atoms with van der Waals surface area (Å²) in [7, 11) is -2.22. The van der Waals surface area contributed by atoms with Gasteiger partial charge in [-0.05, 0) is 53.8 Å². The van der Waals surface area contributed by atoms with Gasteiger partial charge in [0.1, 0.15) is 5.60 Å². The van der Waals surface area contributed by atoms with Gasteiger partial charge >= 0.3 is 12.1 Å². The monoisotopic (exact) mass is 407 g/mol. The molecule has 1 saturated heterocycles. The second kappa shape index (κ2) is 8.08. The zero-order valence-electron chi connectivity index (χ0n) is 17.1. The third-order valence-electron chi connectivity index (χ3n) is 3.87. The second-order valence-electron chi connectivity index (χ2n) is 8.31. The van der Waals surface area contributed by atoms with Crippen molar-refractivity contribution in [2.75, 3.05) is 12.4 Å². The summed E-state index contributed by atoms with van der Waals surface area (Å²) in [5.41, 5.74) is -0.654. The first-order valence-corrected chi connectivity index (χ1v) is 13.3. The van der Waals surface area contributed by atoms with Crippen molar-refractivity contribution in [3.05, 3.63) is 0 Å². The van der Waals surface area contributed by atoms with Crippen LogP contribution in [0, 0.1) is 0 Å². The molecule has 3 atom stereocenters. The molecule has 0 radical (unpaired) electrons. The van der Waals surface area contributed by atoms with Crippen LogP contribution >= 0.6 is 11.8 Å². The lowest BCUT2D eigenvalue weighted by molar-refractivity contribution is -0.223. The zero-order chi connectivity index (χ0) is 20.4. The van der Waals surface area contributed by atoms with Crippen molar-refractivity contribution in [3.8, 4) is 0 Å². The summed E-state index contributed by atoms with van der Waals surface area (Å²) in [5.74, 6) is -2.08. The second-order valence-corrected chi connectivity index (χ2v) is 14.1. The van der Waals surface area contributed by atoms with Gasteiger partial charge in [-0.3, -0.25) is 4.79 Å². The van der Waals surface area contributed by atoms with Crippen molar-refractivity contribution >= 4 is 32.1 Å². The maximum Gasteiger partial charge on any atom is 0.408 e. The molecule has 3 unspecified atom stereocenters. The number of carbonyl (C=O) groups excluding carboxylic acids is 1. The molecule has 2 N–H and O–H groups in total. The molecule has 1 fully saturated rings. The lowest BCUT2D eigenvalue weighted by Gasteiger charge is -2.47. The fraction of sp³-hybridized carbons (Fsp3) is 0.882. The Kier molecular flexibility index (Phi) is 7.23. The smallest absolute Gasteiger partial charge is 0.408 e. The normalized spacial score (nSPS) is 29.5. The van der Waals surface area contributed by atoms with Crippen molar-refractivity contribution in [1.82, 2.24) is 5.32 Å². The average Bonchev–Trinajstić information content (AvgIpc) is 2.70. The SMILES string of the molecule is CCOC1(O[Si](C)(C)C)C(NC(=O)OC(C)(C)C)CSC1(CC)C(=O)O. The molecule has 26 heavy (non-hydrogen) atoms. The van der Waals surface area contributed by atoms with E-state index in [0.717, 1.165) is 0 Å². The van der Waals surface area contributed by atoms with E-state index in [1.54, 1.807) is 34.6 Å². The van der Waals surface area contributed by atoms with E-state index in [2.05, 4.69) is 5.32 Å². The lowest BCUT2D eigenvalue weighted by atomic mass is 9.89. The molecule has 0 aromatic heterocycles. The summed E-state index contributed by atoms with van der Waals surface area (Å²) in [5, 5.41) is 12.9. The quantitative estimate of drug-likeness (QED) is 0.493. The predicted molar refractivity (Wildman–Crippen MR) is 105 cm³/mol. The van der Waals surface area contributed by atoms with Crippen LogP contribution < -0.4 is 5.32 Å². The Morgan fingerprint density at radius 1 is 1.27 bits per heavy atom. The molecule has 0 bridgehead atoms. The maximum absolute atomic E-state index is 12.4. The molecule has 9 heteroatoms. The van der Waals surface area contributed by atoms with E-state index in [1.165, 1.54) is 11.8 Å². The van der Waals surface area contributed by atoms with Gasteiger partial charge in [0.15, 0.2) is 13.1 Å². The first-order valence-electron chi connectivity index (χ1n) is 8.94. The molecule has 152 valence electrons. The maximum atomic E-state index is 12.4. The van der Waals surface area contributed by atoms with Gasteiger partial charge in [-0.2, -0.15) is 0 Å². The molecular weight excluding hydrogens is 374 g/mol. The van der Waals surface area contributed by atoms with E-state index in [-0.39, 0.29) is 6.61 Å². The number of aliphatic carboxylic acids is 1. The van der Waals surface area contributed by atoms with E-state index in [1.807, 2.05) is 19.6 Å². The van der Waals surface area contributed by atoms with Gasteiger partial charge in [0.25, 0.3) is 0 Å². The number of thioether (sulfide) groups is 1. The zero-order valence-corrected chi connectivity index (χ0v) is 18.9. The highest BCUT2D eigenvalue weighted by Gasteiger charge is 2.68. The van der Waals surface area contributed by atoms with Crippen molar-refractivity contribution in [3.63, 3.8) is 0 Å². The summed E-state index contributed by atoms with van der Waals surface area (Å²) in [6.07, 6.45) is -0.298. The summed E-state index contributed by atoms with van der Waals surface area (Å²) in [6, 6.07) is -0.634. The third kappa shape index (κ3) is 4.93. The lowest BCUT2D eigenvalue weighted by Crippen LogP contribution is -2.68. The minimum Gasteiger partial charge on any atom is -0.480 e. The molecule has 1 aliphatic heterocycles. The molecule has 1 aliphatic rings. The van der Waals surface area contributed by atoms with Gasteiger partial charge in [0, 0.05) is 12.4 Å². The van der Waals surface area contributed by atoms with Crippen LogP contribution in [0.1, 0.15) is 41.0 Å². The Morgan fingerprint density at radius 2 is 1.85 bits per heavy atom. The summed E-state index contributed by atoms with van der Waals surface area (Å²) < 4.78 is 16.5. The molecule has 1 heterocycles. The van der Waals surface area contributed by atoms with Gasteiger partial charge < -0.3 is 24.3 Å². The van der Waals surface area contributed by atoms with Crippen molar-refractivity contribution in [1.29, 1.82) is 0 Å². The largest absolute Gasteiger partial charge is 0.480 e. The Bertz CT molecular complexity index is 532. The topological polar surface area (TPSA) is 94.1 Å². The van der Waals surface area contributed by atoms with Crippen LogP contribution in [0.4, 0.5) is 4.79 Å². The van der Waals surface area contributed by atoms with Crippen LogP contribution in [-0.4, -0.2) is 60.0 Å². The number of carboxylic acid groups (broad SMARTS) is 1. The van der Waals surface area contributed by atoms with Crippen LogP contribution in [0.5, 0.6) is 0 Å². The fourth-order valence-electron chi connectivity index (χ4n) is 3.08. The van der Waals surface area contributed by atoms with E-state index in [4.69, 9.17) is 13.9 Å². The molecule has 1 rings (SSSR count). The summed E-state index contributed by atoms with van der Waals surface area (Å²) >= 11 is 1.26. The van der Waals surface area contributed by atoms with Gasteiger partial charge in [-0.1, -0.05) is 6.92 Å². The predicted octanol–water partition coefficient (Wildman–Crippen LogP) is 3.44. The molecule has 7 nitrogen and oxygen atoms in total. The molecular formula is C17H33NO6SSi. The molecule has 0 saturated carbocycles. The highest BCUT2D eigenvalue weighted by atomic mass is 32.2. The number of nitrogens with one attached hydrogen (secondary N) is 1. The van der Waals surface area contributed by atoms with Crippen LogP contribution in [-0.2, 0) is 18.7 Å². The standard InChI is InChI=1S/C17H33NO6SSi/c1-9-16(13(19)20)17(22-10-2,24-26(6,7)8)12(11-25-16)18-14(21)23-15(3,4)5/h12H,9-11H2,1-8H3,(H,18,21)(H,19,20). The van der Waals surface area contributed by atoms with Crippen molar-refractivity contribution in [2.45, 2.75) is 82.9 Å². The Morgan fingerprint density at radius 3 is 2.23 bits per heavy atom. The van der Waals surface area contributed by atoms with Gasteiger partial charge in [0.2, 0.25) is 5.79 Å². The van der Waals surface area contributed by atoms with E-state index in [9.17, 15) is 14.7 Å². The van der Waals surface area contributed by atoms with E-state index in [0.29, 0.717) is 12.2 Å². The van der Waals surface area contributed by atoms with Crippen molar-refractivity contribution in [2.24, 2.45) is 0 Å². The first kappa shape index (κ1) is 23.3. The minimum atomic E-state index is -2.22. The number of rotatable bonds is 7. The van der Waals surface area contributed by atoms with E-state index < -0.39 is 42.6 Å². The number of carboxylic acids is 1. The number of ether oxygens (including phenoxy) is 2. The number of hydrogen-bond acceptors (Lipinski definition) is 6. The number of hydrogen-bond donors (Lipinski definition) is 2. The average molecular weight is 408 g/mol. The molecule has 0 aromatic carbocycles. The highest BCUT2D eigenvalue weighted by molar-refractivity contribution is 8.01. The number of alkyl carbamates (subject to hydrolysis) is 1. The third-order valence-corrected chi connectivity index (χ3v) is 6.53. The highest BCUT2D eigenvalue weighted by Crippen LogP contribution is 2.52. The molecule has 0 aliphatic carbocycles. The van der Waals surface area contributed by atoms with Gasteiger partial charge in [-0.15, -0.1) is 11.8 Å². The fourth-order valence-corrected chi connectivity index (χ4v) is 5.97. The Labute approximate surface area is 161 Å². The Balaban J connectivity index is 3.34. The van der Waals surface area contributed by atoms with Crippen LogP contribution in [0.25, 0.3) is 0 Å².